The highest BCUT2D eigenvalue weighted by atomic mass is 16.4. The fraction of sp³-hybridized carbons (Fsp3) is 0.615. The standard InChI is InChI=1S/C13H19N3O3/c17-11(15-8-10-7-14-9-16-10)6-13(12(18)19)4-2-1-3-5-13/h7,9H,1-6,8H2,(H,14,16)(H,15,17)(H,18,19). The molecule has 1 saturated carbocycles. The van der Waals surface area contributed by atoms with Gasteiger partial charge in [-0.15, -0.1) is 0 Å². The molecule has 1 amide bonds. The van der Waals surface area contributed by atoms with Crippen molar-refractivity contribution in [3.05, 3.63) is 18.2 Å². The van der Waals surface area contributed by atoms with Crippen LogP contribution < -0.4 is 5.32 Å². The number of nitrogens with one attached hydrogen (secondary N) is 2. The smallest absolute Gasteiger partial charge is 0.310 e. The maximum Gasteiger partial charge on any atom is 0.310 e. The zero-order chi connectivity index (χ0) is 13.7. The number of carboxylic acid groups (broad SMARTS) is 1. The summed E-state index contributed by atoms with van der Waals surface area (Å²) in [7, 11) is 0. The van der Waals surface area contributed by atoms with Crippen LogP contribution in [0.3, 0.4) is 0 Å². The molecule has 0 bridgehead atoms. The third kappa shape index (κ3) is 3.33. The number of hydrogen-bond donors (Lipinski definition) is 3. The Hall–Kier alpha value is -1.85. The van der Waals surface area contributed by atoms with E-state index in [9.17, 15) is 14.7 Å². The third-order valence-corrected chi connectivity index (χ3v) is 3.79. The van der Waals surface area contributed by atoms with Crippen LogP contribution in [0.2, 0.25) is 0 Å². The summed E-state index contributed by atoms with van der Waals surface area (Å²) in [5.74, 6) is -1.05. The molecule has 0 saturated heterocycles. The molecule has 3 N–H and O–H groups in total. The van der Waals surface area contributed by atoms with Crippen LogP contribution in [0.5, 0.6) is 0 Å². The van der Waals surface area contributed by atoms with Crippen LogP contribution in [0.4, 0.5) is 0 Å². The molecule has 19 heavy (non-hydrogen) atoms. The second-order valence-corrected chi connectivity index (χ2v) is 5.18. The lowest BCUT2D eigenvalue weighted by Gasteiger charge is -2.32. The van der Waals surface area contributed by atoms with Gasteiger partial charge in [0.1, 0.15) is 0 Å². The van der Waals surface area contributed by atoms with Crippen molar-refractivity contribution in [1.29, 1.82) is 0 Å². The van der Waals surface area contributed by atoms with E-state index in [-0.39, 0.29) is 12.3 Å². The lowest BCUT2D eigenvalue weighted by atomic mass is 9.71. The number of aromatic nitrogens is 2. The van der Waals surface area contributed by atoms with Gasteiger partial charge < -0.3 is 15.4 Å². The molecule has 0 atom stereocenters. The summed E-state index contributed by atoms with van der Waals surface area (Å²) in [5, 5.41) is 12.1. The van der Waals surface area contributed by atoms with E-state index >= 15 is 0 Å². The van der Waals surface area contributed by atoms with Gasteiger partial charge in [0.05, 0.1) is 24.0 Å². The quantitative estimate of drug-likeness (QED) is 0.751. The number of H-pyrrole nitrogens is 1. The molecule has 0 aliphatic heterocycles. The van der Waals surface area contributed by atoms with Crippen molar-refractivity contribution >= 4 is 11.9 Å². The number of imidazole rings is 1. The Labute approximate surface area is 111 Å². The summed E-state index contributed by atoms with van der Waals surface area (Å²) in [6, 6.07) is 0. The zero-order valence-corrected chi connectivity index (χ0v) is 10.8. The van der Waals surface area contributed by atoms with Crippen LogP contribution in [0, 0.1) is 5.41 Å². The summed E-state index contributed by atoms with van der Waals surface area (Å²) in [4.78, 5) is 30.1. The number of hydrogen-bond acceptors (Lipinski definition) is 3. The molecule has 0 radical (unpaired) electrons. The van der Waals surface area contributed by atoms with Gasteiger partial charge in [0.2, 0.25) is 5.91 Å². The average Bonchev–Trinajstić information content (AvgIpc) is 2.90. The van der Waals surface area contributed by atoms with E-state index in [0.717, 1.165) is 25.0 Å². The first-order chi connectivity index (χ1) is 9.12. The molecule has 0 aromatic carbocycles. The number of rotatable bonds is 5. The summed E-state index contributed by atoms with van der Waals surface area (Å²) < 4.78 is 0. The van der Waals surface area contributed by atoms with Gasteiger partial charge in [-0.25, -0.2) is 4.98 Å². The van der Waals surface area contributed by atoms with Gasteiger partial charge in [0.25, 0.3) is 0 Å². The molecule has 0 unspecified atom stereocenters. The van der Waals surface area contributed by atoms with Crippen molar-refractivity contribution in [2.75, 3.05) is 0 Å². The fourth-order valence-electron chi connectivity index (χ4n) is 2.64. The first-order valence-corrected chi connectivity index (χ1v) is 6.60. The Kier molecular flexibility index (Phi) is 4.19. The van der Waals surface area contributed by atoms with Crippen LogP contribution in [0.25, 0.3) is 0 Å². The number of aliphatic carboxylic acids is 1. The van der Waals surface area contributed by atoms with Gasteiger partial charge in [-0.05, 0) is 12.8 Å². The normalized spacial score (nSPS) is 17.9. The lowest BCUT2D eigenvalue weighted by Crippen LogP contribution is -2.39. The van der Waals surface area contributed by atoms with Crippen LogP contribution in [0.1, 0.15) is 44.2 Å². The second kappa shape index (κ2) is 5.86. The van der Waals surface area contributed by atoms with Gasteiger partial charge in [-0.3, -0.25) is 9.59 Å². The number of carboxylic acids is 1. The molecule has 1 aliphatic carbocycles. The minimum absolute atomic E-state index is 0.0659. The molecule has 1 aromatic heterocycles. The van der Waals surface area contributed by atoms with Crippen molar-refractivity contribution < 1.29 is 14.7 Å². The molecule has 2 rings (SSSR count). The van der Waals surface area contributed by atoms with E-state index in [1.165, 1.54) is 0 Å². The van der Waals surface area contributed by atoms with Crippen molar-refractivity contribution in [3.63, 3.8) is 0 Å². The van der Waals surface area contributed by atoms with E-state index < -0.39 is 11.4 Å². The Balaban J connectivity index is 1.90. The third-order valence-electron chi connectivity index (χ3n) is 3.79. The molecule has 0 spiro atoms. The van der Waals surface area contributed by atoms with Gasteiger partial charge in [-0.1, -0.05) is 19.3 Å². The summed E-state index contributed by atoms with van der Waals surface area (Å²) in [5.41, 5.74) is -0.0579. The minimum Gasteiger partial charge on any atom is -0.481 e. The Bertz CT molecular complexity index is 436. The summed E-state index contributed by atoms with van der Waals surface area (Å²) >= 11 is 0. The van der Waals surface area contributed by atoms with E-state index in [1.807, 2.05) is 0 Å². The van der Waals surface area contributed by atoms with E-state index in [4.69, 9.17) is 0 Å². The van der Waals surface area contributed by atoms with E-state index in [0.29, 0.717) is 19.4 Å². The second-order valence-electron chi connectivity index (χ2n) is 5.18. The van der Waals surface area contributed by atoms with Crippen molar-refractivity contribution in [2.45, 2.75) is 45.1 Å². The maximum atomic E-state index is 11.9. The first-order valence-electron chi connectivity index (χ1n) is 6.60. The number of carbonyl (C=O) groups is 2. The van der Waals surface area contributed by atoms with Crippen molar-refractivity contribution in [1.82, 2.24) is 15.3 Å². The van der Waals surface area contributed by atoms with E-state index in [1.54, 1.807) is 12.5 Å². The van der Waals surface area contributed by atoms with Crippen LogP contribution in [0.15, 0.2) is 12.5 Å². The van der Waals surface area contributed by atoms with Gasteiger partial charge in [-0.2, -0.15) is 0 Å². The number of carbonyl (C=O) groups excluding carboxylic acids is 1. The predicted octanol–water partition coefficient (Wildman–Crippen LogP) is 1.45. The van der Waals surface area contributed by atoms with Gasteiger partial charge >= 0.3 is 5.97 Å². The number of nitrogens with zero attached hydrogens (tertiary/aromatic N) is 1. The molecular formula is C13H19N3O3. The molecule has 6 heteroatoms. The highest BCUT2D eigenvalue weighted by Crippen LogP contribution is 2.39. The molecule has 1 fully saturated rings. The SMILES string of the molecule is O=C(CC1(C(=O)O)CCCCC1)NCc1cnc[nH]1. The molecule has 1 heterocycles. The Morgan fingerprint density at radius 3 is 2.68 bits per heavy atom. The molecule has 6 nitrogen and oxygen atoms in total. The van der Waals surface area contributed by atoms with Crippen molar-refractivity contribution in [2.24, 2.45) is 5.41 Å². The highest BCUT2D eigenvalue weighted by Gasteiger charge is 2.41. The fourth-order valence-corrected chi connectivity index (χ4v) is 2.64. The molecule has 1 aromatic rings. The molecular weight excluding hydrogens is 246 g/mol. The maximum absolute atomic E-state index is 11.9. The number of amides is 1. The lowest BCUT2D eigenvalue weighted by molar-refractivity contribution is -0.154. The monoisotopic (exact) mass is 265 g/mol. The number of aromatic amines is 1. The summed E-state index contributed by atoms with van der Waals surface area (Å²) in [6.07, 6.45) is 7.27. The van der Waals surface area contributed by atoms with Crippen LogP contribution >= 0.6 is 0 Å². The van der Waals surface area contributed by atoms with Crippen LogP contribution in [-0.4, -0.2) is 27.0 Å². The summed E-state index contributed by atoms with van der Waals surface area (Å²) in [6.45, 7) is 0.356. The molecule has 104 valence electrons. The van der Waals surface area contributed by atoms with E-state index in [2.05, 4.69) is 15.3 Å². The minimum atomic E-state index is -0.865. The predicted molar refractivity (Wildman–Crippen MR) is 68.2 cm³/mol. The average molecular weight is 265 g/mol. The van der Waals surface area contributed by atoms with Crippen LogP contribution in [-0.2, 0) is 16.1 Å². The Morgan fingerprint density at radius 1 is 1.37 bits per heavy atom. The zero-order valence-electron chi connectivity index (χ0n) is 10.8. The first kappa shape index (κ1) is 13.6. The largest absolute Gasteiger partial charge is 0.481 e. The topological polar surface area (TPSA) is 95.1 Å². The van der Waals surface area contributed by atoms with Gasteiger partial charge in [0, 0.05) is 12.6 Å². The Morgan fingerprint density at radius 2 is 2.11 bits per heavy atom. The van der Waals surface area contributed by atoms with Crippen molar-refractivity contribution in [3.8, 4) is 0 Å². The molecule has 1 aliphatic rings. The highest BCUT2D eigenvalue weighted by molar-refractivity contribution is 5.85. The van der Waals surface area contributed by atoms with Gasteiger partial charge in [0.15, 0.2) is 0 Å².